The van der Waals surface area contributed by atoms with E-state index >= 15 is 0 Å². The van der Waals surface area contributed by atoms with Crippen molar-refractivity contribution in [3.63, 3.8) is 0 Å². The highest BCUT2D eigenvalue weighted by Crippen LogP contribution is 2.32. The third kappa shape index (κ3) is 2.57. The number of phenols is 1. The van der Waals surface area contributed by atoms with Crippen molar-refractivity contribution < 1.29 is 22.8 Å². The lowest BCUT2D eigenvalue weighted by molar-refractivity contribution is 0.374. The molecule has 2 heterocycles. The molecule has 1 aliphatic carbocycles. The van der Waals surface area contributed by atoms with Crippen molar-refractivity contribution >= 4 is 5.95 Å². The number of nitrogens with zero attached hydrogens (tertiary/aromatic N) is 4. The largest absolute Gasteiger partial charge is 0.503 e. The number of nitrogens with one attached hydrogen (secondary N) is 1. The minimum atomic E-state index is -1.67. The second-order valence-electron chi connectivity index (χ2n) is 6.12. The van der Waals surface area contributed by atoms with Crippen LogP contribution < -0.4 is 4.90 Å². The minimum absolute atomic E-state index is 0.123. The average Bonchev–Trinajstić information content (AvgIpc) is 3.34. The second-order valence-corrected chi connectivity index (χ2v) is 6.12. The molecular weight excluding hydrogens is 351 g/mol. The molecule has 26 heavy (non-hydrogen) atoms. The molecule has 7 nitrogen and oxygen atoms in total. The van der Waals surface area contributed by atoms with Crippen LogP contribution in [0.1, 0.15) is 23.4 Å². The summed E-state index contributed by atoms with van der Waals surface area (Å²) in [6, 6.07) is 0.558. The van der Waals surface area contributed by atoms with E-state index in [1.54, 1.807) is 11.9 Å². The van der Waals surface area contributed by atoms with E-state index in [-0.39, 0.29) is 11.8 Å². The summed E-state index contributed by atoms with van der Waals surface area (Å²) in [6.45, 7) is 0.399. The van der Waals surface area contributed by atoms with Crippen LogP contribution in [0.2, 0.25) is 0 Å². The van der Waals surface area contributed by atoms with Crippen LogP contribution in [-0.4, -0.2) is 32.5 Å². The van der Waals surface area contributed by atoms with E-state index < -0.39 is 28.8 Å². The van der Waals surface area contributed by atoms with E-state index in [1.165, 1.54) is 5.56 Å². The van der Waals surface area contributed by atoms with Crippen LogP contribution in [0.4, 0.5) is 19.1 Å². The Bertz CT molecular complexity index is 985. The van der Waals surface area contributed by atoms with E-state index in [0.717, 1.165) is 30.7 Å². The number of aromatic hydroxyl groups is 1. The van der Waals surface area contributed by atoms with E-state index in [9.17, 15) is 18.3 Å². The first-order chi connectivity index (χ1) is 12.5. The van der Waals surface area contributed by atoms with Crippen molar-refractivity contribution in [3.8, 4) is 17.2 Å². The molecule has 10 heteroatoms. The van der Waals surface area contributed by atoms with Crippen LogP contribution in [0.15, 0.2) is 10.6 Å². The van der Waals surface area contributed by atoms with Gasteiger partial charge in [-0.1, -0.05) is 0 Å². The van der Waals surface area contributed by atoms with Crippen LogP contribution in [0, 0.1) is 17.5 Å². The van der Waals surface area contributed by atoms with Crippen LogP contribution in [0.3, 0.4) is 0 Å². The van der Waals surface area contributed by atoms with Gasteiger partial charge < -0.3 is 14.5 Å². The number of aryl methyl sites for hydroxylation is 1. The zero-order valence-electron chi connectivity index (χ0n) is 13.7. The maximum Gasteiger partial charge on any atom is 0.266 e. The van der Waals surface area contributed by atoms with Gasteiger partial charge in [0.15, 0.2) is 17.4 Å². The Balaban J connectivity index is 1.60. The number of H-pyrrole nitrogens is 1. The Kier molecular flexibility index (Phi) is 3.82. The van der Waals surface area contributed by atoms with Gasteiger partial charge in [0.25, 0.3) is 11.8 Å². The third-order valence-electron chi connectivity index (χ3n) is 4.40. The van der Waals surface area contributed by atoms with E-state index in [4.69, 9.17) is 4.52 Å². The Morgan fingerprint density at radius 3 is 2.88 bits per heavy atom. The number of hydrogen-bond donors (Lipinski definition) is 2. The van der Waals surface area contributed by atoms with E-state index in [1.807, 2.05) is 0 Å². The number of aromatic nitrogens is 4. The van der Waals surface area contributed by atoms with Gasteiger partial charge in [-0.3, -0.25) is 5.10 Å². The first-order valence-corrected chi connectivity index (χ1v) is 7.92. The van der Waals surface area contributed by atoms with Crippen molar-refractivity contribution in [2.75, 3.05) is 11.9 Å². The fourth-order valence-electron chi connectivity index (χ4n) is 3.04. The second kappa shape index (κ2) is 6.04. The molecule has 2 aromatic heterocycles. The first kappa shape index (κ1) is 16.4. The molecule has 3 aromatic rings. The fraction of sp³-hybridized carbons (Fsp3) is 0.312. The summed E-state index contributed by atoms with van der Waals surface area (Å²) < 4.78 is 45.6. The van der Waals surface area contributed by atoms with E-state index in [2.05, 4.69) is 20.3 Å². The Morgan fingerprint density at radius 2 is 2.08 bits per heavy atom. The van der Waals surface area contributed by atoms with Gasteiger partial charge in [-0.05, 0) is 36.0 Å². The topological polar surface area (TPSA) is 91.1 Å². The fourth-order valence-corrected chi connectivity index (χ4v) is 3.04. The molecule has 0 atom stereocenters. The van der Waals surface area contributed by atoms with Crippen LogP contribution in [-0.2, 0) is 19.4 Å². The predicted molar refractivity (Wildman–Crippen MR) is 84.0 cm³/mol. The number of phenolic OH excluding ortho intramolecular Hbond substituents is 1. The number of fused-ring (bicyclic) bond motifs is 1. The number of hydrogen-bond acceptors (Lipinski definition) is 6. The van der Waals surface area contributed by atoms with Crippen LogP contribution in [0.25, 0.3) is 11.5 Å². The van der Waals surface area contributed by atoms with Crippen molar-refractivity contribution in [1.29, 1.82) is 0 Å². The summed E-state index contributed by atoms with van der Waals surface area (Å²) in [5.41, 5.74) is 2.65. The first-order valence-electron chi connectivity index (χ1n) is 7.92. The van der Waals surface area contributed by atoms with Gasteiger partial charge in [0.05, 0.1) is 17.8 Å². The van der Waals surface area contributed by atoms with Crippen LogP contribution >= 0.6 is 0 Å². The molecule has 0 fully saturated rings. The lowest BCUT2D eigenvalue weighted by Gasteiger charge is -2.12. The zero-order valence-corrected chi connectivity index (χ0v) is 13.7. The third-order valence-corrected chi connectivity index (χ3v) is 4.40. The van der Waals surface area contributed by atoms with E-state index in [0.29, 0.717) is 12.6 Å². The van der Waals surface area contributed by atoms with Gasteiger partial charge in [0.1, 0.15) is 0 Å². The molecule has 1 aromatic carbocycles. The molecule has 0 saturated carbocycles. The van der Waals surface area contributed by atoms with Crippen molar-refractivity contribution in [2.45, 2.75) is 25.8 Å². The van der Waals surface area contributed by atoms with Gasteiger partial charge in [0, 0.05) is 12.7 Å². The highest BCUT2D eigenvalue weighted by atomic mass is 19.2. The quantitative estimate of drug-likeness (QED) is 0.691. The smallest absolute Gasteiger partial charge is 0.266 e. The van der Waals surface area contributed by atoms with Gasteiger partial charge in [0.2, 0.25) is 5.82 Å². The number of benzene rings is 1. The molecule has 1 aliphatic rings. The monoisotopic (exact) mass is 365 g/mol. The maximum absolute atomic E-state index is 14.0. The summed E-state index contributed by atoms with van der Waals surface area (Å²) in [5.74, 6) is -6.13. The molecule has 0 spiro atoms. The highest BCUT2D eigenvalue weighted by Gasteiger charge is 2.24. The van der Waals surface area contributed by atoms with Gasteiger partial charge in [-0.15, -0.1) is 0 Å². The lowest BCUT2D eigenvalue weighted by atomic mass is 10.2. The summed E-state index contributed by atoms with van der Waals surface area (Å²) in [7, 11) is 1.70. The minimum Gasteiger partial charge on any atom is -0.503 e. The van der Waals surface area contributed by atoms with Crippen molar-refractivity contribution in [3.05, 3.63) is 40.5 Å². The molecule has 0 unspecified atom stereocenters. The number of aromatic amines is 1. The molecule has 0 aliphatic heterocycles. The SMILES string of the molecule is CN(Cc1n[nH]c2c1CCC2)c1noc(-c2cc(F)c(F)c(O)c2F)n1. The number of rotatable bonds is 4. The molecule has 0 bridgehead atoms. The summed E-state index contributed by atoms with van der Waals surface area (Å²) >= 11 is 0. The molecule has 4 rings (SSSR count). The molecule has 0 radical (unpaired) electrons. The molecular formula is C16H14F3N5O2. The zero-order chi connectivity index (χ0) is 18.4. The normalized spacial score (nSPS) is 13.2. The highest BCUT2D eigenvalue weighted by molar-refractivity contribution is 5.59. The summed E-state index contributed by atoms with van der Waals surface area (Å²) in [6.07, 6.45) is 2.99. The molecule has 136 valence electrons. The number of anilines is 1. The standard InChI is InChI=1S/C16H14F3N5O2/c1-24(6-11-7-3-2-4-10(7)21-22-11)16-20-15(26-23-16)8-5-9(17)13(19)14(25)12(8)18/h5,25H,2-4,6H2,1H3,(H,21,22). The maximum atomic E-state index is 14.0. The van der Waals surface area contributed by atoms with Gasteiger partial charge >= 0.3 is 0 Å². The predicted octanol–water partition coefficient (Wildman–Crippen LogP) is 2.71. The lowest BCUT2D eigenvalue weighted by Crippen LogP contribution is -2.18. The molecule has 2 N–H and O–H groups in total. The summed E-state index contributed by atoms with van der Waals surface area (Å²) in [4.78, 5) is 5.64. The summed E-state index contributed by atoms with van der Waals surface area (Å²) in [5, 5.41) is 20.3. The van der Waals surface area contributed by atoms with Crippen molar-refractivity contribution in [1.82, 2.24) is 20.3 Å². The van der Waals surface area contributed by atoms with Crippen molar-refractivity contribution in [2.24, 2.45) is 0 Å². The van der Waals surface area contributed by atoms with Gasteiger partial charge in [-0.2, -0.15) is 14.5 Å². The van der Waals surface area contributed by atoms with Gasteiger partial charge in [-0.25, -0.2) is 8.78 Å². The number of halogens is 3. The Labute approximate surface area is 145 Å². The molecule has 0 saturated heterocycles. The Hall–Kier alpha value is -3.04. The van der Waals surface area contributed by atoms with Crippen LogP contribution in [0.5, 0.6) is 5.75 Å². The molecule has 0 amide bonds. The average molecular weight is 365 g/mol. The Morgan fingerprint density at radius 1 is 1.27 bits per heavy atom.